The summed E-state index contributed by atoms with van der Waals surface area (Å²) in [7, 11) is 0. The first kappa shape index (κ1) is 16.8. The first-order valence-corrected chi connectivity index (χ1v) is 8.58. The van der Waals surface area contributed by atoms with E-state index in [2.05, 4.69) is 10.6 Å². The van der Waals surface area contributed by atoms with Crippen molar-refractivity contribution in [2.24, 2.45) is 5.92 Å². The molecule has 1 saturated heterocycles. The van der Waals surface area contributed by atoms with Gasteiger partial charge in [-0.3, -0.25) is 4.79 Å². The fraction of sp³-hybridized carbons (Fsp3) is 0.316. The van der Waals surface area contributed by atoms with Gasteiger partial charge in [0.05, 0.1) is 11.6 Å². The minimum atomic E-state index is 0.0136. The van der Waals surface area contributed by atoms with E-state index >= 15 is 0 Å². The average Bonchev–Trinajstić information content (AvgIpc) is 2.62. The van der Waals surface area contributed by atoms with Gasteiger partial charge in [-0.2, -0.15) is 0 Å². The molecule has 1 heterocycles. The normalized spacial score (nSPS) is 17.3. The van der Waals surface area contributed by atoms with Gasteiger partial charge in [-0.1, -0.05) is 35.9 Å². The molecule has 4 nitrogen and oxygen atoms in total. The van der Waals surface area contributed by atoms with Gasteiger partial charge in [-0.15, -0.1) is 0 Å². The SMILES string of the molecule is O=C(Nc1ccccc1OCc1cccc(Cl)c1)C1CCCNC1. The quantitative estimate of drug-likeness (QED) is 0.866. The molecule has 2 aromatic rings. The molecule has 1 aliphatic heterocycles. The third-order valence-corrected chi connectivity index (χ3v) is 4.33. The lowest BCUT2D eigenvalue weighted by Crippen LogP contribution is -2.37. The predicted octanol–water partition coefficient (Wildman–Crippen LogP) is 3.86. The van der Waals surface area contributed by atoms with Gasteiger partial charge in [0, 0.05) is 11.6 Å². The molecule has 0 saturated carbocycles. The molecule has 0 aliphatic carbocycles. The van der Waals surface area contributed by atoms with E-state index in [0.717, 1.165) is 31.5 Å². The van der Waals surface area contributed by atoms with Crippen LogP contribution >= 0.6 is 11.6 Å². The lowest BCUT2D eigenvalue weighted by atomic mass is 9.99. The highest BCUT2D eigenvalue weighted by Crippen LogP contribution is 2.26. The van der Waals surface area contributed by atoms with Crippen LogP contribution in [0.2, 0.25) is 5.02 Å². The van der Waals surface area contributed by atoms with Crippen LogP contribution in [-0.4, -0.2) is 19.0 Å². The van der Waals surface area contributed by atoms with E-state index in [1.54, 1.807) is 0 Å². The van der Waals surface area contributed by atoms with Crippen molar-refractivity contribution < 1.29 is 9.53 Å². The summed E-state index contributed by atoms with van der Waals surface area (Å²) in [6, 6.07) is 15.1. The number of hydrogen-bond acceptors (Lipinski definition) is 3. The molecule has 0 radical (unpaired) electrons. The largest absolute Gasteiger partial charge is 0.487 e. The van der Waals surface area contributed by atoms with E-state index in [-0.39, 0.29) is 11.8 Å². The second-order valence-electron chi connectivity index (χ2n) is 5.95. The van der Waals surface area contributed by atoms with Crippen molar-refractivity contribution >= 4 is 23.2 Å². The predicted molar refractivity (Wildman–Crippen MR) is 96.4 cm³/mol. The highest BCUT2D eigenvalue weighted by Gasteiger charge is 2.21. The molecular weight excluding hydrogens is 324 g/mol. The number of halogens is 1. The van der Waals surface area contributed by atoms with Gasteiger partial charge in [0.15, 0.2) is 0 Å². The Morgan fingerprint density at radius 1 is 1.25 bits per heavy atom. The van der Waals surface area contributed by atoms with Crippen LogP contribution in [0.4, 0.5) is 5.69 Å². The summed E-state index contributed by atoms with van der Waals surface area (Å²) in [5.41, 5.74) is 1.69. The lowest BCUT2D eigenvalue weighted by Gasteiger charge is -2.22. The molecule has 24 heavy (non-hydrogen) atoms. The molecule has 0 spiro atoms. The lowest BCUT2D eigenvalue weighted by molar-refractivity contribution is -0.120. The highest BCUT2D eigenvalue weighted by molar-refractivity contribution is 6.30. The van der Waals surface area contributed by atoms with Crippen molar-refractivity contribution in [3.8, 4) is 5.75 Å². The summed E-state index contributed by atoms with van der Waals surface area (Å²) in [6.45, 7) is 2.12. The summed E-state index contributed by atoms with van der Waals surface area (Å²) in [4.78, 5) is 12.4. The molecule has 0 aromatic heterocycles. The summed E-state index contributed by atoms with van der Waals surface area (Å²) in [6.07, 6.45) is 1.95. The van der Waals surface area contributed by atoms with Gasteiger partial charge >= 0.3 is 0 Å². The monoisotopic (exact) mass is 344 g/mol. The van der Waals surface area contributed by atoms with E-state index < -0.39 is 0 Å². The molecule has 0 bridgehead atoms. The van der Waals surface area contributed by atoms with Crippen molar-refractivity contribution in [3.05, 3.63) is 59.1 Å². The summed E-state index contributed by atoms with van der Waals surface area (Å²) in [5.74, 6) is 0.718. The Morgan fingerprint density at radius 3 is 2.92 bits per heavy atom. The molecule has 1 amide bonds. The second kappa shape index (κ2) is 8.18. The maximum absolute atomic E-state index is 12.4. The van der Waals surface area contributed by atoms with E-state index in [1.165, 1.54) is 0 Å². The summed E-state index contributed by atoms with van der Waals surface area (Å²) in [5, 5.41) is 6.94. The molecule has 1 unspecified atom stereocenters. The van der Waals surface area contributed by atoms with E-state index in [0.29, 0.717) is 23.1 Å². The van der Waals surface area contributed by atoms with Gasteiger partial charge in [-0.05, 0) is 49.2 Å². The standard InChI is InChI=1S/C19H21ClN2O2/c20-16-7-3-5-14(11-16)13-24-18-9-2-1-8-17(18)22-19(23)15-6-4-10-21-12-15/h1-3,5,7-9,11,15,21H,4,6,10,12-13H2,(H,22,23). The molecule has 5 heteroatoms. The average molecular weight is 345 g/mol. The summed E-state index contributed by atoms with van der Waals surface area (Å²) >= 11 is 5.99. The zero-order valence-electron chi connectivity index (χ0n) is 13.4. The fourth-order valence-electron chi connectivity index (χ4n) is 2.79. The van der Waals surface area contributed by atoms with Crippen molar-refractivity contribution in [1.29, 1.82) is 0 Å². The second-order valence-corrected chi connectivity index (χ2v) is 6.38. The Balaban J connectivity index is 1.65. The van der Waals surface area contributed by atoms with E-state index in [9.17, 15) is 4.79 Å². The molecule has 1 aliphatic rings. The third-order valence-electron chi connectivity index (χ3n) is 4.10. The van der Waals surface area contributed by atoms with Gasteiger partial charge in [0.2, 0.25) is 5.91 Å². The van der Waals surface area contributed by atoms with Crippen molar-refractivity contribution in [1.82, 2.24) is 5.32 Å². The molecule has 1 atom stereocenters. The molecule has 126 valence electrons. The van der Waals surface area contributed by atoms with E-state index in [1.807, 2.05) is 48.5 Å². The number of anilines is 1. The number of ether oxygens (including phenoxy) is 1. The Bertz CT molecular complexity index is 699. The Hall–Kier alpha value is -2.04. The molecular formula is C19H21ClN2O2. The first-order chi connectivity index (χ1) is 11.7. The highest BCUT2D eigenvalue weighted by atomic mass is 35.5. The molecule has 2 aromatic carbocycles. The maximum Gasteiger partial charge on any atom is 0.228 e. The Morgan fingerprint density at radius 2 is 2.12 bits per heavy atom. The topological polar surface area (TPSA) is 50.4 Å². The number of carbonyl (C=O) groups excluding carboxylic acids is 1. The van der Waals surface area contributed by atoms with Crippen LogP contribution in [0.1, 0.15) is 18.4 Å². The minimum absolute atomic E-state index is 0.0136. The van der Waals surface area contributed by atoms with Crippen molar-refractivity contribution in [2.75, 3.05) is 18.4 Å². The smallest absolute Gasteiger partial charge is 0.228 e. The van der Waals surface area contributed by atoms with Crippen LogP contribution < -0.4 is 15.4 Å². The Kier molecular flexibility index (Phi) is 5.72. The maximum atomic E-state index is 12.4. The minimum Gasteiger partial charge on any atom is -0.487 e. The van der Waals surface area contributed by atoms with Crippen LogP contribution in [0.5, 0.6) is 5.75 Å². The number of piperidine rings is 1. The zero-order chi connectivity index (χ0) is 16.8. The van der Waals surface area contributed by atoms with Gasteiger partial charge in [0.1, 0.15) is 12.4 Å². The number of carbonyl (C=O) groups is 1. The number of rotatable bonds is 5. The number of amides is 1. The van der Waals surface area contributed by atoms with Crippen molar-refractivity contribution in [3.63, 3.8) is 0 Å². The number of nitrogens with one attached hydrogen (secondary N) is 2. The van der Waals surface area contributed by atoms with Gasteiger partial charge < -0.3 is 15.4 Å². The molecule has 1 fully saturated rings. The van der Waals surface area contributed by atoms with Gasteiger partial charge in [-0.25, -0.2) is 0 Å². The third kappa shape index (κ3) is 4.49. The number of para-hydroxylation sites is 2. The van der Waals surface area contributed by atoms with E-state index in [4.69, 9.17) is 16.3 Å². The zero-order valence-corrected chi connectivity index (χ0v) is 14.2. The fourth-order valence-corrected chi connectivity index (χ4v) is 3.01. The number of hydrogen-bond donors (Lipinski definition) is 2. The van der Waals surface area contributed by atoms with Crippen LogP contribution in [0, 0.1) is 5.92 Å². The van der Waals surface area contributed by atoms with Crippen molar-refractivity contribution in [2.45, 2.75) is 19.4 Å². The van der Waals surface area contributed by atoms with Gasteiger partial charge in [0.25, 0.3) is 0 Å². The van der Waals surface area contributed by atoms with Crippen LogP contribution in [0.15, 0.2) is 48.5 Å². The molecule has 3 rings (SSSR count). The Labute approximate surface area is 147 Å². The van der Waals surface area contributed by atoms with Crippen LogP contribution in [0.25, 0.3) is 0 Å². The first-order valence-electron chi connectivity index (χ1n) is 8.20. The van der Waals surface area contributed by atoms with Crippen LogP contribution in [0.3, 0.4) is 0 Å². The van der Waals surface area contributed by atoms with Crippen LogP contribution in [-0.2, 0) is 11.4 Å². The molecule has 2 N–H and O–H groups in total. The number of benzene rings is 2. The summed E-state index contributed by atoms with van der Waals surface area (Å²) < 4.78 is 5.88.